The van der Waals surface area contributed by atoms with Gasteiger partial charge in [-0.05, 0) is 32.9 Å². The van der Waals surface area contributed by atoms with Gasteiger partial charge in [0.1, 0.15) is 5.76 Å². The quantitative estimate of drug-likeness (QED) is 0.558. The second-order valence-electron chi connectivity index (χ2n) is 5.16. The largest absolute Gasteiger partial charge is 0.467 e. The Morgan fingerprint density at radius 3 is 2.63 bits per heavy atom. The number of hydrogen-bond donors (Lipinski definition) is 3. The third-order valence-corrected chi connectivity index (χ3v) is 2.17. The van der Waals surface area contributed by atoms with Gasteiger partial charge in [-0.2, -0.15) is 0 Å². The summed E-state index contributed by atoms with van der Waals surface area (Å²) in [6, 6.07) is 3.60. The summed E-state index contributed by atoms with van der Waals surface area (Å²) in [6.07, 6.45) is 1.58. The lowest BCUT2D eigenvalue weighted by molar-refractivity contribution is -0.120. The molecule has 1 aromatic rings. The molecule has 1 aromatic heterocycles. The maximum atomic E-state index is 11.6. The number of rotatable bonds is 4. The number of aliphatic imine (C=N–C) groups is 1. The monoisotopic (exact) mass is 266 g/mol. The van der Waals surface area contributed by atoms with Crippen molar-refractivity contribution in [1.82, 2.24) is 16.0 Å². The van der Waals surface area contributed by atoms with Crippen LogP contribution in [0.4, 0.5) is 0 Å². The molecule has 1 amide bonds. The Bertz CT molecular complexity index is 418. The van der Waals surface area contributed by atoms with E-state index in [0.29, 0.717) is 12.5 Å². The minimum atomic E-state index is -0.117. The van der Waals surface area contributed by atoms with E-state index in [1.807, 2.05) is 26.8 Å². The molecular weight excluding hydrogens is 244 g/mol. The molecule has 19 heavy (non-hydrogen) atoms. The molecule has 0 fully saturated rings. The summed E-state index contributed by atoms with van der Waals surface area (Å²) < 4.78 is 5.13. The number of nitrogens with zero attached hydrogens (tertiary/aromatic N) is 1. The Hall–Kier alpha value is -1.98. The van der Waals surface area contributed by atoms with Gasteiger partial charge in [0.2, 0.25) is 5.91 Å². The van der Waals surface area contributed by atoms with Crippen LogP contribution >= 0.6 is 0 Å². The van der Waals surface area contributed by atoms with Gasteiger partial charge in [-0.1, -0.05) is 0 Å². The maximum Gasteiger partial charge on any atom is 0.239 e. The summed E-state index contributed by atoms with van der Waals surface area (Å²) in [5.74, 6) is 1.21. The van der Waals surface area contributed by atoms with Crippen molar-refractivity contribution < 1.29 is 9.21 Å². The number of nitrogens with one attached hydrogen (secondary N) is 3. The van der Waals surface area contributed by atoms with Gasteiger partial charge in [0, 0.05) is 12.6 Å². The Balaban J connectivity index is 2.29. The summed E-state index contributed by atoms with van der Waals surface area (Å²) >= 11 is 0. The minimum absolute atomic E-state index is 0.105. The van der Waals surface area contributed by atoms with E-state index in [1.54, 1.807) is 19.4 Å². The van der Waals surface area contributed by atoms with Crippen LogP contribution in [-0.2, 0) is 11.3 Å². The molecule has 0 spiro atoms. The number of carbonyl (C=O) groups excluding carboxylic acids is 1. The molecule has 0 aliphatic heterocycles. The van der Waals surface area contributed by atoms with Crippen molar-refractivity contribution in [2.45, 2.75) is 32.9 Å². The van der Waals surface area contributed by atoms with Crippen LogP contribution in [0.2, 0.25) is 0 Å². The topological polar surface area (TPSA) is 78.7 Å². The fraction of sp³-hybridized carbons (Fsp3) is 0.538. The average Bonchev–Trinajstić information content (AvgIpc) is 2.83. The Labute approximate surface area is 113 Å². The number of carbonyl (C=O) groups is 1. The van der Waals surface area contributed by atoms with Crippen molar-refractivity contribution in [2.24, 2.45) is 4.99 Å². The zero-order chi connectivity index (χ0) is 14.3. The zero-order valence-corrected chi connectivity index (χ0v) is 11.9. The fourth-order valence-electron chi connectivity index (χ4n) is 1.36. The lowest BCUT2D eigenvalue weighted by atomic mass is 10.1. The van der Waals surface area contributed by atoms with E-state index in [4.69, 9.17) is 4.42 Å². The molecule has 0 aromatic carbocycles. The molecule has 0 saturated heterocycles. The van der Waals surface area contributed by atoms with Crippen LogP contribution in [-0.4, -0.2) is 31.0 Å². The highest BCUT2D eigenvalue weighted by Crippen LogP contribution is 1.98. The predicted molar refractivity (Wildman–Crippen MR) is 74.8 cm³/mol. The number of amides is 1. The molecule has 0 bridgehead atoms. The molecule has 0 unspecified atom stereocenters. The highest BCUT2D eigenvalue weighted by atomic mass is 16.3. The van der Waals surface area contributed by atoms with Gasteiger partial charge in [0.25, 0.3) is 0 Å². The summed E-state index contributed by atoms with van der Waals surface area (Å²) in [5.41, 5.74) is -0.105. The van der Waals surface area contributed by atoms with E-state index >= 15 is 0 Å². The summed E-state index contributed by atoms with van der Waals surface area (Å²) in [5, 5.41) is 8.87. The van der Waals surface area contributed by atoms with Gasteiger partial charge in [0.05, 0.1) is 19.4 Å². The van der Waals surface area contributed by atoms with Gasteiger partial charge in [-0.25, -0.2) is 0 Å². The zero-order valence-electron chi connectivity index (χ0n) is 11.9. The molecule has 6 heteroatoms. The molecule has 0 saturated carbocycles. The van der Waals surface area contributed by atoms with Crippen molar-refractivity contribution in [3.05, 3.63) is 24.2 Å². The van der Waals surface area contributed by atoms with Crippen LogP contribution in [0, 0.1) is 0 Å². The Kier molecular flexibility index (Phi) is 5.41. The normalized spacial score (nSPS) is 12.1. The van der Waals surface area contributed by atoms with Crippen LogP contribution in [0.25, 0.3) is 0 Å². The average molecular weight is 266 g/mol. The Morgan fingerprint density at radius 1 is 1.37 bits per heavy atom. The molecular formula is C13H22N4O2. The maximum absolute atomic E-state index is 11.6. The standard InChI is InChI=1S/C13H22N4O2/c1-13(2,3)17-12(14-4)16-9-11(18)15-8-10-6-5-7-19-10/h5-7H,8-9H2,1-4H3,(H,15,18)(H2,14,16,17). The van der Waals surface area contributed by atoms with E-state index in [9.17, 15) is 4.79 Å². The van der Waals surface area contributed by atoms with Gasteiger partial charge < -0.3 is 20.4 Å². The van der Waals surface area contributed by atoms with Crippen LogP contribution in [0.15, 0.2) is 27.8 Å². The lowest BCUT2D eigenvalue weighted by Crippen LogP contribution is -2.49. The third-order valence-electron chi connectivity index (χ3n) is 2.17. The van der Waals surface area contributed by atoms with Crippen LogP contribution < -0.4 is 16.0 Å². The predicted octanol–water partition coefficient (Wildman–Crippen LogP) is 0.859. The van der Waals surface area contributed by atoms with Gasteiger partial charge in [-0.3, -0.25) is 9.79 Å². The van der Waals surface area contributed by atoms with Crippen LogP contribution in [0.5, 0.6) is 0 Å². The van der Waals surface area contributed by atoms with Crippen molar-refractivity contribution in [3.8, 4) is 0 Å². The molecule has 0 aliphatic rings. The number of furan rings is 1. The molecule has 1 rings (SSSR count). The first-order valence-electron chi connectivity index (χ1n) is 6.18. The molecule has 6 nitrogen and oxygen atoms in total. The second kappa shape index (κ2) is 6.82. The first-order valence-corrected chi connectivity index (χ1v) is 6.18. The second-order valence-corrected chi connectivity index (χ2v) is 5.16. The SMILES string of the molecule is CN=C(NCC(=O)NCc1ccco1)NC(C)(C)C. The third kappa shape index (κ3) is 6.49. The van der Waals surface area contributed by atoms with E-state index in [1.165, 1.54) is 0 Å². The van der Waals surface area contributed by atoms with Crippen molar-refractivity contribution in [1.29, 1.82) is 0 Å². The fourth-order valence-corrected chi connectivity index (χ4v) is 1.36. The van der Waals surface area contributed by atoms with E-state index in [0.717, 1.165) is 5.76 Å². The minimum Gasteiger partial charge on any atom is -0.467 e. The van der Waals surface area contributed by atoms with Crippen molar-refractivity contribution in [3.63, 3.8) is 0 Å². The van der Waals surface area contributed by atoms with E-state index in [2.05, 4.69) is 20.9 Å². The van der Waals surface area contributed by atoms with E-state index in [-0.39, 0.29) is 18.0 Å². The van der Waals surface area contributed by atoms with Crippen molar-refractivity contribution in [2.75, 3.05) is 13.6 Å². The smallest absolute Gasteiger partial charge is 0.239 e. The highest BCUT2D eigenvalue weighted by Gasteiger charge is 2.12. The summed E-state index contributed by atoms with van der Waals surface area (Å²) in [6.45, 7) is 6.62. The van der Waals surface area contributed by atoms with Crippen molar-refractivity contribution >= 4 is 11.9 Å². The molecule has 0 radical (unpaired) electrons. The van der Waals surface area contributed by atoms with E-state index < -0.39 is 0 Å². The number of hydrogen-bond acceptors (Lipinski definition) is 3. The molecule has 3 N–H and O–H groups in total. The lowest BCUT2D eigenvalue weighted by Gasteiger charge is -2.23. The molecule has 106 valence electrons. The van der Waals surface area contributed by atoms with Gasteiger partial charge >= 0.3 is 0 Å². The summed E-state index contributed by atoms with van der Waals surface area (Å²) in [4.78, 5) is 15.7. The van der Waals surface area contributed by atoms with Crippen LogP contribution in [0.1, 0.15) is 26.5 Å². The highest BCUT2D eigenvalue weighted by molar-refractivity contribution is 5.86. The number of guanidine groups is 1. The Morgan fingerprint density at radius 2 is 2.11 bits per heavy atom. The summed E-state index contributed by atoms with van der Waals surface area (Å²) in [7, 11) is 1.67. The van der Waals surface area contributed by atoms with Gasteiger partial charge in [-0.15, -0.1) is 0 Å². The molecule has 0 aliphatic carbocycles. The molecule has 0 atom stereocenters. The van der Waals surface area contributed by atoms with Gasteiger partial charge in [0.15, 0.2) is 5.96 Å². The first-order chi connectivity index (χ1) is 8.90. The molecule has 1 heterocycles. The van der Waals surface area contributed by atoms with Crippen LogP contribution in [0.3, 0.4) is 0 Å². The first kappa shape index (κ1) is 15.1.